The van der Waals surface area contributed by atoms with Crippen molar-refractivity contribution >= 4 is 33.6 Å². The fraction of sp³-hybridized carbons (Fsp3) is 0.444. The molecule has 0 unspecified atom stereocenters. The number of fused-ring (bicyclic) bond motifs is 4. The van der Waals surface area contributed by atoms with Gasteiger partial charge in [-0.3, -0.25) is 0 Å². The molecule has 1 aromatic carbocycles. The van der Waals surface area contributed by atoms with Gasteiger partial charge in [0.2, 0.25) is 0 Å². The van der Waals surface area contributed by atoms with Gasteiger partial charge in [0.1, 0.15) is 29.7 Å². The minimum absolute atomic E-state index is 0.0197. The Morgan fingerprint density at radius 1 is 1.14 bits per heavy atom. The number of nitrogens with zero attached hydrogens (tertiary/aromatic N) is 4. The van der Waals surface area contributed by atoms with Crippen LogP contribution in [0.5, 0.6) is 0 Å². The second-order valence-electron chi connectivity index (χ2n) is 10.6. The third kappa shape index (κ3) is 3.46. The number of ether oxygens (including phenoxy) is 2. The number of anilines is 2. The summed E-state index contributed by atoms with van der Waals surface area (Å²) >= 11 is 0. The van der Waals surface area contributed by atoms with Crippen LogP contribution in [0.2, 0.25) is 0 Å². The summed E-state index contributed by atoms with van der Waals surface area (Å²) in [5.41, 5.74) is 10.7. The Balaban J connectivity index is 1.15. The van der Waals surface area contributed by atoms with Gasteiger partial charge in [-0.2, -0.15) is 0 Å². The third-order valence-electron chi connectivity index (χ3n) is 7.90. The highest BCUT2D eigenvalue weighted by Gasteiger charge is 2.54. The molecule has 35 heavy (non-hydrogen) atoms. The number of nitrogens with two attached hydrogens (primary N) is 1. The second kappa shape index (κ2) is 7.63. The zero-order valence-electron chi connectivity index (χ0n) is 20.1. The quantitative estimate of drug-likeness (QED) is 0.460. The summed E-state index contributed by atoms with van der Waals surface area (Å²) in [6.07, 6.45) is 7.67. The van der Waals surface area contributed by atoms with Gasteiger partial charge in [-0.15, -0.1) is 0 Å². The highest BCUT2D eigenvalue weighted by atomic mass is 16.8. The van der Waals surface area contributed by atoms with E-state index in [2.05, 4.69) is 50.3 Å². The van der Waals surface area contributed by atoms with Gasteiger partial charge in [-0.05, 0) is 74.8 Å². The molecular weight excluding hydrogens is 440 g/mol. The number of hydrogen-bond donors (Lipinski definition) is 2. The number of hydrogen-bond acceptors (Lipinski definition) is 7. The number of aromatic nitrogens is 4. The van der Waals surface area contributed by atoms with Gasteiger partial charge in [-0.1, -0.05) is 12.1 Å². The number of rotatable bonds is 4. The summed E-state index contributed by atoms with van der Waals surface area (Å²) in [4.78, 5) is 13.5. The van der Waals surface area contributed by atoms with Crippen molar-refractivity contribution in [3.8, 4) is 0 Å². The predicted molar refractivity (Wildman–Crippen MR) is 135 cm³/mol. The first-order valence-electron chi connectivity index (χ1n) is 12.5. The van der Waals surface area contributed by atoms with Gasteiger partial charge in [-0.25, -0.2) is 15.0 Å². The van der Waals surface area contributed by atoms with E-state index in [9.17, 15) is 0 Å². The summed E-state index contributed by atoms with van der Waals surface area (Å²) in [6.45, 7) is 4.99. The Morgan fingerprint density at radius 3 is 2.94 bits per heavy atom. The largest absolute Gasteiger partial charge is 0.383 e. The predicted octanol–water partition coefficient (Wildman–Crippen LogP) is 4.24. The van der Waals surface area contributed by atoms with Gasteiger partial charge < -0.3 is 25.1 Å². The highest BCUT2D eigenvalue weighted by molar-refractivity contribution is 5.86. The molecule has 1 saturated heterocycles. The smallest absolute Gasteiger partial charge is 0.163 e. The molecule has 2 fully saturated rings. The van der Waals surface area contributed by atoms with Crippen molar-refractivity contribution in [3.63, 3.8) is 0 Å². The van der Waals surface area contributed by atoms with Crippen molar-refractivity contribution in [2.24, 2.45) is 5.92 Å². The molecule has 8 nitrogen and oxygen atoms in total. The molecule has 3 aliphatic rings. The van der Waals surface area contributed by atoms with Crippen molar-refractivity contribution in [2.75, 3.05) is 17.6 Å². The van der Waals surface area contributed by atoms with E-state index in [1.165, 1.54) is 22.8 Å². The van der Waals surface area contributed by atoms with Gasteiger partial charge >= 0.3 is 0 Å². The van der Waals surface area contributed by atoms with E-state index in [1.54, 1.807) is 0 Å². The molecule has 4 atom stereocenters. The molecule has 8 heteroatoms. The molecule has 0 radical (unpaired) electrons. The van der Waals surface area contributed by atoms with E-state index in [-0.39, 0.29) is 18.2 Å². The first-order valence-corrected chi connectivity index (χ1v) is 12.5. The Hall–Kier alpha value is -3.23. The van der Waals surface area contributed by atoms with Crippen molar-refractivity contribution in [3.05, 3.63) is 54.0 Å². The lowest BCUT2D eigenvalue weighted by molar-refractivity contribution is -0.160. The maximum absolute atomic E-state index is 6.44. The zero-order chi connectivity index (χ0) is 23.7. The Labute approximate surface area is 203 Å². The van der Waals surface area contributed by atoms with Crippen molar-refractivity contribution < 1.29 is 9.47 Å². The molecule has 0 amide bonds. The van der Waals surface area contributed by atoms with Crippen molar-refractivity contribution in [2.45, 2.75) is 63.6 Å². The third-order valence-corrected chi connectivity index (χ3v) is 7.90. The molecule has 7 rings (SSSR count). The van der Waals surface area contributed by atoms with Crippen LogP contribution in [0.3, 0.4) is 0 Å². The first-order chi connectivity index (χ1) is 16.9. The number of aryl methyl sites for hydroxylation is 1. The molecule has 1 aliphatic carbocycles. The van der Waals surface area contributed by atoms with Gasteiger partial charge in [0.15, 0.2) is 5.79 Å². The maximum Gasteiger partial charge on any atom is 0.163 e. The van der Waals surface area contributed by atoms with Crippen LogP contribution in [0, 0.1) is 5.92 Å². The van der Waals surface area contributed by atoms with Crippen LogP contribution in [0.25, 0.3) is 21.9 Å². The van der Waals surface area contributed by atoms with E-state index >= 15 is 0 Å². The number of benzene rings is 1. The van der Waals surface area contributed by atoms with Gasteiger partial charge in [0.05, 0.1) is 23.0 Å². The lowest BCUT2D eigenvalue weighted by atomic mass is 9.95. The topological polar surface area (TPSA) is 100 Å². The van der Waals surface area contributed by atoms with Crippen LogP contribution < -0.4 is 11.1 Å². The van der Waals surface area contributed by atoms with Crippen LogP contribution in [0.4, 0.5) is 11.6 Å². The summed E-state index contributed by atoms with van der Waals surface area (Å²) < 4.78 is 15.1. The monoisotopic (exact) mass is 470 g/mol. The fourth-order valence-electron chi connectivity index (χ4n) is 6.29. The fourth-order valence-corrected chi connectivity index (χ4v) is 6.29. The number of nitrogen functional groups attached to an aromatic ring is 1. The minimum atomic E-state index is -0.594. The molecule has 5 heterocycles. The van der Waals surface area contributed by atoms with E-state index in [0.717, 1.165) is 54.6 Å². The van der Waals surface area contributed by atoms with Gasteiger partial charge in [0, 0.05) is 18.1 Å². The van der Waals surface area contributed by atoms with Crippen LogP contribution in [0.15, 0.2) is 42.9 Å². The molecule has 0 spiro atoms. The van der Waals surface area contributed by atoms with Crippen molar-refractivity contribution in [1.29, 1.82) is 0 Å². The Morgan fingerprint density at radius 2 is 2.03 bits per heavy atom. The zero-order valence-corrected chi connectivity index (χ0v) is 20.1. The normalized spacial score (nSPS) is 26.8. The molecule has 4 aromatic rings. The summed E-state index contributed by atoms with van der Waals surface area (Å²) in [6, 6.07) is 11.1. The average Bonchev–Trinajstić information content (AvgIpc) is 3.59. The Kier molecular flexibility index (Phi) is 4.60. The van der Waals surface area contributed by atoms with E-state index in [1.807, 2.05) is 19.9 Å². The number of nitrogens with one attached hydrogen (secondary N) is 1. The summed E-state index contributed by atoms with van der Waals surface area (Å²) in [7, 11) is 0. The summed E-state index contributed by atoms with van der Waals surface area (Å²) in [5, 5.41) is 5.49. The molecule has 2 aliphatic heterocycles. The molecule has 3 N–H and O–H groups in total. The van der Waals surface area contributed by atoms with E-state index in [0.29, 0.717) is 11.7 Å². The molecule has 1 saturated carbocycles. The number of pyridine rings is 1. The lowest BCUT2D eigenvalue weighted by Crippen LogP contribution is -2.27. The molecule has 0 bridgehead atoms. The standard InChI is InChI=1S/C27H30N6O2/c1-27(2)34-22-17(6-4-15-3-5-16-12-18-7-9-29-25(18)32-20(16)11-15)13-21(23(22)35-27)33-10-8-19-24(28)30-14-31-26(19)33/h3,5,8,10-12,14,17,21-23H,4,6-7,9,13H2,1-2H3,(H,29,32)(H2,28,30,31)/t17-,21+,22+,23-/m0/s1. The SMILES string of the molecule is CC1(C)O[C@@H]2[C@@H](CCc3ccc4cc5c(nc4c3)NCC5)C[C@@H](n3ccc4c(N)ncnc43)[C@@H]2O1. The molecule has 3 aromatic heterocycles. The van der Waals surface area contributed by atoms with Crippen LogP contribution >= 0.6 is 0 Å². The highest BCUT2D eigenvalue weighted by Crippen LogP contribution is 2.49. The van der Waals surface area contributed by atoms with Crippen LogP contribution in [0.1, 0.15) is 43.9 Å². The summed E-state index contributed by atoms with van der Waals surface area (Å²) in [5.74, 6) is 1.34. The van der Waals surface area contributed by atoms with Gasteiger partial charge in [0.25, 0.3) is 0 Å². The lowest BCUT2D eigenvalue weighted by Gasteiger charge is -2.24. The van der Waals surface area contributed by atoms with Crippen LogP contribution in [-0.2, 0) is 22.3 Å². The van der Waals surface area contributed by atoms with Crippen molar-refractivity contribution in [1.82, 2.24) is 19.5 Å². The minimum Gasteiger partial charge on any atom is -0.383 e. The first kappa shape index (κ1) is 21.1. The van der Waals surface area contributed by atoms with E-state index in [4.69, 9.17) is 20.2 Å². The maximum atomic E-state index is 6.44. The molecule has 180 valence electrons. The average molecular weight is 471 g/mol. The molecular formula is C27H30N6O2. The van der Waals surface area contributed by atoms with Crippen LogP contribution in [-0.4, -0.2) is 44.1 Å². The second-order valence-corrected chi connectivity index (χ2v) is 10.6. The van der Waals surface area contributed by atoms with E-state index < -0.39 is 5.79 Å². The Bertz CT molecular complexity index is 1450.